The van der Waals surface area contributed by atoms with Gasteiger partial charge in [0, 0.05) is 25.4 Å². The minimum Gasteiger partial charge on any atom is -0.460 e. The second-order valence-corrected chi connectivity index (χ2v) is 13.4. The zero-order valence-electron chi connectivity index (χ0n) is 20.5. The van der Waals surface area contributed by atoms with E-state index in [1.807, 2.05) is 12.1 Å². The average molecular weight is 476 g/mol. The van der Waals surface area contributed by atoms with Crippen LogP contribution in [0, 0.1) is 17.3 Å². The first-order valence-electron chi connectivity index (χ1n) is 12.2. The van der Waals surface area contributed by atoms with Gasteiger partial charge in [0.1, 0.15) is 11.4 Å². The molecule has 1 aromatic carbocycles. The van der Waals surface area contributed by atoms with E-state index < -0.39 is 21.6 Å². The van der Waals surface area contributed by atoms with Gasteiger partial charge < -0.3 is 4.74 Å². The first kappa shape index (κ1) is 24.4. The Balaban J connectivity index is 1.49. The summed E-state index contributed by atoms with van der Waals surface area (Å²) in [6.07, 6.45) is 5.53. The molecule has 0 aromatic heterocycles. The van der Waals surface area contributed by atoms with Crippen molar-refractivity contribution in [3.05, 3.63) is 29.3 Å². The van der Waals surface area contributed by atoms with Crippen LogP contribution >= 0.6 is 0 Å². The third-order valence-electron chi connectivity index (χ3n) is 8.17. The van der Waals surface area contributed by atoms with Crippen molar-refractivity contribution in [3.8, 4) is 0 Å². The quantitative estimate of drug-likeness (QED) is 0.587. The number of carbonyl (C=O) groups is 2. The molecule has 182 valence electrons. The van der Waals surface area contributed by atoms with Crippen LogP contribution in [0.1, 0.15) is 83.3 Å². The van der Waals surface area contributed by atoms with E-state index in [2.05, 4.69) is 6.92 Å². The van der Waals surface area contributed by atoms with E-state index in [1.165, 1.54) is 16.9 Å². The number of ketones is 1. The molecule has 0 radical (unpaired) electrons. The van der Waals surface area contributed by atoms with E-state index >= 15 is 0 Å². The van der Waals surface area contributed by atoms with E-state index in [1.54, 1.807) is 26.8 Å². The lowest BCUT2D eigenvalue weighted by Gasteiger charge is -2.48. The molecular weight excluding hydrogens is 438 g/mol. The van der Waals surface area contributed by atoms with E-state index in [4.69, 9.17) is 4.74 Å². The molecule has 2 saturated carbocycles. The maximum absolute atomic E-state index is 13.2. The van der Waals surface area contributed by atoms with Crippen LogP contribution in [0.3, 0.4) is 0 Å². The third-order valence-corrected chi connectivity index (χ3v) is 10.0. The molecule has 4 atom stereocenters. The van der Waals surface area contributed by atoms with Gasteiger partial charge in [0.2, 0.25) is 10.0 Å². The van der Waals surface area contributed by atoms with Crippen LogP contribution < -0.4 is 0 Å². The zero-order valence-corrected chi connectivity index (χ0v) is 21.3. The van der Waals surface area contributed by atoms with Gasteiger partial charge in [-0.05, 0) is 93.9 Å². The summed E-state index contributed by atoms with van der Waals surface area (Å²) >= 11 is 0. The summed E-state index contributed by atoms with van der Waals surface area (Å²) in [6.45, 7) is 7.62. The van der Waals surface area contributed by atoms with Crippen molar-refractivity contribution in [2.75, 3.05) is 13.6 Å². The van der Waals surface area contributed by atoms with E-state index in [-0.39, 0.29) is 23.3 Å². The molecular formula is C26H37NO5S. The van der Waals surface area contributed by atoms with Crippen molar-refractivity contribution in [2.24, 2.45) is 17.3 Å². The highest BCUT2D eigenvalue weighted by atomic mass is 32.2. The number of nitrogens with zero attached hydrogens (tertiary/aromatic N) is 1. The number of Topliss-reactive ketones (excluding diaryl/α,β-unsaturated/α-hetero) is 1. The van der Waals surface area contributed by atoms with E-state index in [9.17, 15) is 18.0 Å². The molecule has 3 aliphatic carbocycles. The number of hydrogen-bond donors (Lipinski definition) is 0. The smallest absolute Gasteiger partial charge is 0.307 e. The molecule has 7 heteroatoms. The van der Waals surface area contributed by atoms with E-state index in [0.29, 0.717) is 30.0 Å². The van der Waals surface area contributed by atoms with Gasteiger partial charge in [0.15, 0.2) is 0 Å². The maximum Gasteiger partial charge on any atom is 0.307 e. The highest BCUT2D eigenvalue weighted by molar-refractivity contribution is 7.89. The van der Waals surface area contributed by atoms with Crippen LogP contribution in [0.4, 0.5) is 0 Å². The summed E-state index contributed by atoms with van der Waals surface area (Å²) in [5.41, 5.74) is 1.64. The Morgan fingerprint density at radius 1 is 1.18 bits per heavy atom. The van der Waals surface area contributed by atoms with Gasteiger partial charge in [-0.2, -0.15) is 0 Å². The summed E-state index contributed by atoms with van der Waals surface area (Å²) in [5.74, 6) is 1.42. The molecule has 0 spiro atoms. The number of aryl methyl sites for hydroxylation is 1. The molecule has 6 nitrogen and oxygen atoms in total. The number of hydrogen-bond acceptors (Lipinski definition) is 5. The Morgan fingerprint density at radius 2 is 1.91 bits per heavy atom. The Hall–Kier alpha value is -1.73. The summed E-state index contributed by atoms with van der Waals surface area (Å²) in [7, 11) is -2.18. The van der Waals surface area contributed by atoms with Crippen LogP contribution in [0.15, 0.2) is 23.1 Å². The van der Waals surface area contributed by atoms with Crippen molar-refractivity contribution < 1.29 is 22.7 Å². The standard InChI is InChI=1S/C26H37NO5S/c1-25(2,3)32-24(29)13-15-27(5)33(30,31)18-7-9-19-17(16-18)6-8-21-20(19)12-14-26(4)22(21)10-11-23(26)28/h7,9,16,20-22H,6,8,10-15H2,1-5H3/t20-,21-,22+,26+/m1/s1. The number of fused-ring (bicyclic) bond motifs is 5. The lowest BCUT2D eigenvalue weighted by atomic mass is 9.55. The van der Waals surface area contributed by atoms with Gasteiger partial charge in [-0.3, -0.25) is 9.59 Å². The van der Waals surface area contributed by atoms with Crippen LogP contribution in [0.25, 0.3) is 0 Å². The average Bonchev–Trinajstić information content (AvgIpc) is 3.04. The third kappa shape index (κ3) is 4.51. The molecule has 3 aliphatic rings. The number of rotatable bonds is 5. The van der Waals surface area contributed by atoms with Crippen molar-refractivity contribution in [1.82, 2.24) is 4.31 Å². The second kappa shape index (κ2) is 8.49. The van der Waals surface area contributed by atoms with Crippen LogP contribution in [0.2, 0.25) is 0 Å². The minimum atomic E-state index is -3.69. The molecule has 0 bridgehead atoms. The van der Waals surface area contributed by atoms with Crippen molar-refractivity contribution in [2.45, 2.75) is 89.1 Å². The van der Waals surface area contributed by atoms with Crippen LogP contribution in [-0.4, -0.2) is 43.7 Å². The molecule has 0 amide bonds. The molecule has 0 saturated heterocycles. The Bertz CT molecular complexity index is 1060. The predicted octanol–water partition coefficient (Wildman–Crippen LogP) is 4.46. The second-order valence-electron chi connectivity index (χ2n) is 11.4. The van der Waals surface area contributed by atoms with Crippen LogP contribution in [-0.2, 0) is 30.8 Å². The monoisotopic (exact) mass is 475 g/mol. The molecule has 4 rings (SSSR count). The maximum atomic E-state index is 13.2. The molecule has 0 aliphatic heterocycles. The largest absolute Gasteiger partial charge is 0.460 e. The number of esters is 1. The van der Waals surface area contributed by atoms with E-state index in [0.717, 1.165) is 37.7 Å². The lowest BCUT2D eigenvalue weighted by molar-refractivity contribution is -0.154. The van der Waals surface area contributed by atoms with Gasteiger partial charge in [0.25, 0.3) is 0 Å². The highest BCUT2D eigenvalue weighted by Crippen LogP contribution is 2.59. The first-order valence-corrected chi connectivity index (χ1v) is 13.6. The van der Waals surface area contributed by atoms with Gasteiger partial charge in [-0.15, -0.1) is 0 Å². The van der Waals surface area contributed by atoms with Gasteiger partial charge in [-0.25, -0.2) is 12.7 Å². The fourth-order valence-electron chi connectivity index (χ4n) is 6.43. The summed E-state index contributed by atoms with van der Waals surface area (Å²) in [4.78, 5) is 24.8. The fourth-order valence-corrected chi connectivity index (χ4v) is 7.65. The molecule has 2 fully saturated rings. The van der Waals surface area contributed by atoms with Gasteiger partial charge >= 0.3 is 5.97 Å². The summed E-state index contributed by atoms with van der Waals surface area (Å²) in [6, 6.07) is 5.55. The predicted molar refractivity (Wildman–Crippen MR) is 126 cm³/mol. The highest BCUT2D eigenvalue weighted by Gasteiger charge is 2.54. The summed E-state index contributed by atoms with van der Waals surface area (Å²) in [5, 5.41) is 0. The number of ether oxygens (including phenoxy) is 1. The van der Waals surface area contributed by atoms with Crippen molar-refractivity contribution in [1.29, 1.82) is 0 Å². The molecule has 1 aromatic rings. The normalized spacial score (nSPS) is 29.4. The first-order chi connectivity index (χ1) is 15.3. The lowest BCUT2D eigenvalue weighted by Crippen LogP contribution is -2.42. The van der Waals surface area contributed by atoms with Gasteiger partial charge in [-0.1, -0.05) is 13.0 Å². The Kier molecular flexibility index (Phi) is 6.28. The Labute approximate surface area is 198 Å². The molecule has 0 heterocycles. The zero-order chi connectivity index (χ0) is 24.2. The number of benzene rings is 1. The SMILES string of the molecule is CN(CCC(=O)OC(C)(C)C)S(=O)(=O)c1ccc2c(c1)CC[C@@H]1[C@@H]2CC[C@]2(C)C(=O)CC[C@@H]12. The number of sulfonamides is 1. The van der Waals surface area contributed by atoms with Gasteiger partial charge in [0.05, 0.1) is 11.3 Å². The fraction of sp³-hybridized carbons (Fsp3) is 0.692. The molecule has 0 unspecified atom stereocenters. The molecule has 0 N–H and O–H groups in total. The molecule has 33 heavy (non-hydrogen) atoms. The summed E-state index contributed by atoms with van der Waals surface area (Å²) < 4.78 is 32.9. The van der Waals surface area contributed by atoms with Crippen LogP contribution in [0.5, 0.6) is 0 Å². The minimum absolute atomic E-state index is 0.0145. The Morgan fingerprint density at radius 3 is 2.61 bits per heavy atom. The van der Waals surface area contributed by atoms with Crippen molar-refractivity contribution >= 4 is 21.8 Å². The number of carbonyl (C=O) groups excluding carboxylic acids is 2. The van der Waals surface area contributed by atoms with Crippen molar-refractivity contribution in [3.63, 3.8) is 0 Å². The topological polar surface area (TPSA) is 80.8 Å².